The number of ether oxygens (including phenoxy) is 1. The molecule has 1 atom stereocenters. The van der Waals surface area contributed by atoms with E-state index in [0.717, 1.165) is 17.5 Å². The molecule has 0 saturated carbocycles. The molecular weight excluding hydrogens is 334 g/mol. The van der Waals surface area contributed by atoms with Gasteiger partial charge in [-0.15, -0.1) is 0 Å². The van der Waals surface area contributed by atoms with Crippen molar-refractivity contribution in [1.82, 2.24) is 4.31 Å². The van der Waals surface area contributed by atoms with Crippen LogP contribution in [0.2, 0.25) is 5.02 Å². The average Bonchev–Trinajstić information content (AvgIpc) is 2.96. The molecule has 1 N–H and O–H groups in total. The summed E-state index contributed by atoms with van der Waals surface area (Å²) in [5, 5.41) is 9.27. The van der Waals surface area contributed by atoms with Crippen molar-refractivity contribution in [2.45, 2.75) is 23.8 Å². The van der Waals surface area contributed by atoms with Gasteiger partial charge < -0.3 is 9.84 Å². The summed E-state index contributed by atoms with van der Waals surface area (Å²) in [6, 6.07) is 2.59. The number of nitrogens with zero attached hydrogens (tertiary/aromatic N) is 1. The molecule has 2 rings (SSSR count). The molecule has 0 radical (unpaired) electrons. The fourth-order valence-corrected chi connectivity index (χ4v) is 4.48. The molecule has 1 fully saturated rings. The number of rotatable bonds is 4. The van der Waals surface area contributed by atoms with Crippen molar-refractivity contribution in [2.24, 2.45) is 0 Å². The van der Waals surface area contributed by atoms with Crippen LogP contribution in [0.4, 0.5) is 0 Å². The quantitative estimate of drug-likeness (QED) is 0.825. The minimum Gasteiger partial charge on any atom is -0.480 e. The van der Waals surface area contributed by atoms with E-state index in [4.69, 9.17) is 16.7 Å². The number of carboxylic acid groups (broad SMARTS) is 1. The predicted molar refractivity (Wildman–Crippen MR) is 77.3 cm³/mol. The van der Waals surface area contributed by atoms with Crippen LogP contribution in [0.25, 0.3) is 0 Å². The Morgan fingerprint density at radius 1 is 1.41 bits per heavy atom. The Morgan fingerprint density at radius 2 is 2.09 bits per heavy atom. The zero-order chi connectivity index (χ0) is 16.5. The van der Waals surface area contributed by atoms with Crippen molar-refractivity contribution in [3.63, 3.8) is 0 Å². The van der Waals surface area contributed by atoms with E-state index in [0.29, 0.717) is 6.42 Å². The van der Waals surface area contributed by atoms with E-state index in [1.807, 2.05) is 0 Å². The normalized spacial score (nSPS) is 19.1. The topological polar surface area (TPSA) is 101 Å². The maximum atomic E-state index is 12.7. The van der Waals surface area contributed by atoms with Gasteiger partial charge in [-0.3, -0.25) is 4.79 Å². The lowest BCUT2D eigenvalue weighted by Crippen LogP contribution is -2.40. The molecule has 1 aromatic carbocycles. The lowest BCUT2D eigenvalue weighted by Gasteiger charge is -2.22. The number of benzene rings is 1. The van der Waals surface area contributed by atoms with Gasteiger partial charge in [-0.2, -0.15) is 4.31 Å². The van der Waals surface area contributed by atoms with Crippen LogP contribution in [-0.2, 0) is 19.6 Å². The van der Waals surface area contributed by atoms with Crippen LogP contribution < -0.4 is 0 Å². The van der Waals surface area contributed by atoms with Gasteiger partial charge in [-0.1, -0.05) is 11.6 Å². The van der Waals surface area contributed by atoms with Gasteiger partial charge in [-0.25, -0.2) is 13.2 Å². The third-order valence-corrected chi connectivity index (χ3v) is 5.61. The van der Waals surface area contributed by atoms with Crippen LogP contribution in [0, 0.1) is 0 Å². The Balaban J connectivity index is 2.56. The molecule has 0 amide bonds. The molecule has 120 valence electrons. The van der Waals surface area contributed by atoms with Gasteiger partial charge in [0.15, 0.2) is 0 Å². The molecule has 0 aromatic heterocycles. The van der Waals surface area contributed by atoms with Crippen LogP contribution in [0.3, 0.4) is 0 Å². The largest absolute Gasteiger partial charge is 0.480 e. The fourth-order valence-electron chi connectivity index (χ4n) is 2.39. The van der Waals surface area contributed by atoms with Crippen molar-refractivity contribution in [3.05, 3.63) is 28.8 Å². The maximum absolute atomic E-state index is 12.7. The minimum atomic E-state index is -4.17. The van der Waals surface area contributed by atoms with Crippen molar-refractivity contribution >= 4 is 33.6 Å². The Hall–Kier alpha value is -1.64. The molecule has 22 heavy (non-hydrogen) atoms. The molecule has 1 aliphatic rings. The van der Waals surface area contributed by atoms with E-state index in [9.17, 15) is 18.0 Å². The van der Waals surface area contributed by atoms with Gasteiger partial charge >= 0.3 is 11.9 Å². The summed E-state index contributed by atoms with van der Waals surface area (Å²) in [6.07, 6.45) is 0.660. The Bertz CT molecular complexity index is 717. The van der Waals surface area contributed by atoms with E-state index in [2.05, 4.69) is 4.74 Å². The molecule has 1 heterocycles. The van der Waals surface area contributed by atoms with E-state index < -0.39 is 28.0 Å². The second-order valence-electron chi connectivity index (χ2n) is 4.74. The number of aliphatic carboxylic acids is 1. The molecule has 0 bridgehead atoms. The Kier molecular flexibility index (Phi) is 4.74. The molecule has 1 aromatic rings. The number of hydrogen-bond donors (Lipinski definition) is 1. The fraction of sp³-hybridized carbons (Fsp3) is 0.385. The van der Waals surface area contributed by atoms with Crippen LogP contribution >= 0.6 is 11.6 Å². The predicted octanol–water partition coefficient (Wildman–Crippen LogP) is 1.36. The zero-order valence-electron chi connectivity index (χ0n) is 11.7. The maximum Gasteiger partial charge on any atom is 0.339 e. The number of methoxy groups -OCH3 is 1. The van der Waals surface area contributed by atoms with Crippen LogP contribution in [0.1, 0.15) is 23.2 Å². The van der Waals surface area contributed by atoms with Crippen molar-refractivity contribution in [1.29, 1.82) is 0 Å². The number of carbonyl (C=O) groups is 2. The molecule has 9 heteroatoms. The number of esters is 1. The number of halogens is 1. The second kappa shape index (κ2) is 6.23. The smallest absolute Gasteiger partial charge is 0.339 e. The van der Waals surface area contributed by atoms with Gasteiger partial charge in [-0.05, 0) is 31.0 Å². The molecule has 7 nitrogen and oxygen atoms in total. The third kappa shape index (κ3) is 2.94. The summed E-state index contributed by atoms with van der Waals surface area (Å²) in [4.78, 5) is 22.6. The molecule has 0 spiro atoms. The summed E-state index contributed by atoms with van der Waals surface area (Å²) in [5.41, 5.74) is -0.178. The van der Waals surface area contributed by atoms with E-state index in [1.165, 1.54) is 12.1 Å². The van der Waals surface area contributed by atoms with Crippen molar-refractivity contribution < 1.29 is 27.9 Å². The van der Waals surface area contributed by atoms with Gasteiger partial charge in [0.25, 0.3) is 0 Å². The highest BCUT2D eigenvalue weighted by atomic mass is 35.5. The lowest BCUT2D eigenvalue weighted by atomic mass is 10.2. The van der Waals surface area contributed by atoms with E-state index >= 15 is 0 Å². The van der Waals surface area contributed by atoms with Gasteiger partial charge in [0.2, 0.25) is 10.0 Å². The molecule has 0 aliphatic carbocycles. The summed E-state index contributed by atoms with van der Waals surface area (Å²) in [6.45, 7) is 0.0758. The minimum absolute atomic E-state index is 0.0758. The zero-order valence-corrected chi connectivity index (χ0v) is 13.2. The monoisotopic (exact) mass is 347 g/mol. The Morgan fingerprint density at radius 3 is 2.68 bits per heavy atom. The van der Waals surface area contributed by atoms with Gasteiger partial charge in [0.05, 0.1) is 17.6 Å². The average molecular weight is 348 g/mol. The van der Waals surface area contributed by atoms with E-state index in [1.54, 1.807) is 0 Å². The first-order valence-electron chi connectivity index (χ1n) is 6.41. The second-order valence-corrected chi connectivity index (χ2v) is 7.04. The molecule has 1 aliphatic heterocycles. The van der Waals surface area contributed by atoms with Crippen LogP contribution in [0.5, 0.6) is 0 Å². The summed E-state index contributed by atoms with van der Waals surface area (Å²) in [7, 11) is -3.05. The molecule has 0 unspecified atom stereocenters. The summed E-state index contributed by atoms with van der Waals surface area (Å²) in [5.74, 6) is -2.05. The van der Waals surface area contributed by atoms with Crippen LogP contribution in [-0.4, -0.2) is 49.5 Å². The van der Waals surface area contributed by atoms with Crippen molar-refractivity contribution in [3.8, 4) is 0 Å². The Labute approximate surface area is 132 Å². The number of hydrogen-bond acceptors (Lipinski definition) is 5. The lowest BCUT2D eigenvalue weighted by molar-refractivity contribution is -0.140. The van der Waals surface area contributed by atoms with Gasteiger partial charge in [0, 0.05) is 11.6 Å². The highest BCUT2D eigenvalue weighted by Crippen LogP contribution is 2.30. The van der Waals surface area contributed by atoms with Crippen LogP contribution in [0.15, 0.2) is 23.1 Å². The number of carboxylic acids is 1. The standard InChI is InChI=1S/C13H14ClNO6S/c1-21-13(18)9-5-4-8(14)7-11(9)22(19,20)15-6-2-3-10(15)12(16)17/h4-5,7,10H,2-3,6H2,1H3,(H,16,17)/t10-/m0/s1. The molecular formula is C13H14ClNO6S. The highest BCUT2D eigenvalue weighted by Gasteiger charge is 2.41. The molecule has 1 saturated heterocycles. The highest BCUT2D eigenvalue weighted by molar-refractivity contribution is 7.89. The first-order chi connectivity index (χ1) is 10.3. The van der Waals surface area contributed by atoms with Gasteiger partial charge in [0.1, 0.15) is 6.04 Å². The van der Waals surface area contributed by atoms with Crippen molar-refractivity contribution in [2.75, 3.05) is 13.7 Å². The first kappa shape index (κ1) is 16.7. The first-order valence-corrected chi connectivity index (χ1v) is 8.23. The van der Waals surface area contributed by atoms with E-state index in [-0.39, 0.29) is 28.4 Å². The SMILES string of the molecule is COC(=O)c1ccc(Cl)cc1S(=O)(=O)N1CCC[C@H]1C(=O)O. The third-order valence-electron chi connectivity index (χ3n) is 3.42. The number of carbonyl (C=O) groups excluding carboxylic acids is 1. The number of sulfonamides is 1. The summed E-state index contributed by atoms with van der Waals surface area (Å²) < 4.78 is 30.9. The summed E-state index contributed by atoms with van der Waals surface area (Å²) >= 11 is 5.82.